The summed E-state index contributed by atoms with van der Waals surface area (Å²) >= 11 is 0. The van der Waals surface area contributed by atoms with Crippen molar-refractivity contribution in [3.8, 4) is 0 Å². The van der Waals surface area contributed by atoms with Crippen LogP contribution in [0.2, 0.25) is 0 Å². The van der Waals surface area contributed by atoms with Gasteiger partial charge in [-0.05, 0) is 42.5 Å². The number of aromatic nitrogens is 1. The van der Waals surface area contributed by atoms with Crippen LogP contribution in [0.3, 0.4) is 0 Å². The number of pyridine rings is 1. The standard InChI is InChI=1S/C15H24N2O/c1-12-4-2-3-5-14(12)10-17-11-15(18)13-6-8-16-9-7-13/h6-9,12,14-15,17-18H,2-5,10-11H2,1H3/t12-,14-,15-/m1/s1. The third-order valence-corrected chi connectivity index (χ3v) is 4.12. The van der Waals surface area contributed by atoms with E-state index in [-0.39, 0.29) is 0 Å². The Morgan fingerprint density at radius 1 is 1.33 bits per heavy atom. The van der Waals surface area contributed by atoms with Gasteiger partial charge in [-0.15, -0.1) is 0 Å². The van der Waals surface area contributed by atoms with Crippen molar-refractivity contribution in [3.63, 3.8) is 0 Å². The SMILES string of the molecule is C[C@@H]1CCCC[C@@H]1CNC[C@@H](O)c1ccncc1. The molecule has 1 heterocycles. The van der Waals surface area contributed by atoms with E-state index >= 15 is 0 Å². The van der Waals surface area contributed by atoms with Crippen molar-refractivity contribution in [3.05, 3.63) is 30.1 Å². The van der Waals surface area contributed by atoms with Gasteiger partial charge in [0.1, 0.15) is 0 Å². The van der Waals surface area contributed by atoms with E-state index in [4.69, 9.17) is 0 Å². The van der Waals surface area contributed by atoms with E-state index in [2.05, 4.69) is 17.2 Å². The molecule has 1 aliphatic rings. The Kier molecular flexibility index (Phi) is 5.14. The minimum atomic E-state index is -0.424. The van der Waals surface area contributed by atoms with Crippen molar-refractivity contribution in [2.75, 3.05) is 13.1 Å². The molecule has 0 spiro atoms. The molecule has 3 atom stereocenters. The van der Waals surface area contributed by atoms with E-state index in [0.29, 0.717) is 6.54 Å². The Labute approximate surface area is 110 Å². The Bertz CT molecular complexity index is 342. The number of hydrogen-bond acceptors (Lipinski definition) is 3. The molecule has 3 heteroatoms. The van der Waals surface area contributed by atoms with E-state index in [1.807, 2.05) is 12.1 Å². The molecular formula is C15H24N2O. The normalized spacial score (nSPS) is 25.9. The molecule has 1 fully saturated rings. The van der Waals surface area contributed by atoms with E-state index < -0.39 is 6.10 Å². The molecule has 3 nitrogen and oxygen atoms in total. The molecule has 0 radical (unpaired) electrons. The van der Waals surface area contributed by atoms with E-state index in [1.165, 1.54) is 25.7 Å². The largest absolute Gasteiger partial charge is 0.387 e. The Morgan fingerprint density at radius 3 is 2.78 bits per heavy atom. The number of nitrogens with one attached hydrogen (secondary N) is 1. The minimum absolute atomic E-state index is 0.424. The first-order chi connectivity index (χ1) is 8.77. The smallest absolute Gasteiger partial charge is 0.0915 e. The third-order valence-electron chi connectivity index (χ3n) is 4.12. The predicted octanol–water partition coefficient (Wildman–Crippen LogP) is 2.53. The van der Waals surface area contributed by atoms with Gasteiger partial charge in [0, 0.05) is 18.9 Å². The van der Waals surface area contributed by atoms with Gasteiger partial charge in [-0.1, -0.05) is 26.2 Å². The highest BCUT2D eigenvalue weighted by molar-refractivity contribution is 5.13. The van der Waals surface area contributed by atoms with Crippen LogP contribution in [0.5, 0.6) is 0 Å². The number of aliphatic hydroxyl groups excluding tert-OH is 1. The van der Waals surface area contributed by atoms with Gasteiger partial charge in [-0.3, -0.25) is 4.98 Å². The number of aliphatic hydroxyl groups is 1. The van der Waals surface area contributed by atoms with Crippen molar-refractivity contribution < 1.29 is 5.11 Å². The van der Waals surface area contributed by atoms with E-state index in [9.17, 15) is 5.11 Å². The molecule has 1 saturated carbocycles. The lowest BCUT2D eigenvalue weighted by Crippen LogP contribution is -2.31. The van der Waals surface area contributed by atoms with E-state index in [1.54, 1.807) is 12.4 Å². The molecule has 0 aromatic carbocycles. The average molecular weight is 248 g/mol. The molecule has 2 N–H and O–H groups in total. The summed E-state index contributed by atoms with van der Waals surface area (Å²) in [5.41, 5.74) is 0.939. The fraction of sp³-hybridized carbons (Fsp3) is 0.667. The zero-order valence-corrected chi connectivity index (χ0v) is 11.2. The van der Waals surface area contributed by atoms with Crippen molar-refractivity contribution in [1.29, 1.82) is 0 Å². The van der Waals surface area contributed by atoms with Gasteiger partial charge >= 0.3 is 0 Å². The first kappa shape index (κ1) is 13.5. The molecule has 0 saturated heterocycles. The van der Waals surface area contributed by atoms with Crippen LogP contribution in [0.25, 0.3) is 0 Å². The first-order valence-corrected chi connectivity index (χ1v) is 7.06. The molecule has 2 rings (SSSR count). The number of nitrogens with zero attached hydrogens (tertiary/aromatic N) is 1. The Morgan fingerprint density at radius 2 is 2.06 bits per heavy atom. The molecule has 1 aliphatic carbocycles. The maximum atomic E-state index is 10.0. The summed E-state index contributed by atoms with van der Waals surface area (Å²) in [4.78, 5) is 3.96. The lowest BCUT2D eigenvalue weighted by atomic mass is 9.80. The second-order valence-corrected chi connectivity index (χ2v) is 5.48. The summed E-state index contributed by atoms with van der Waals surface area (Å²) in [6, 6.07) is 3.74. The van der Waals surface area contributed by atoms with Gasteiger partial charge in [0.25, 0.3) is 0 Å². The molecule has 0 amide bonds. The zero-order valence-electron chi connectivity index (χ0n) is 11.2. The molecular weight excluding hydrogens is 224 g/mol. The van der Waals surface area contributed by atoms with Crippen molar-refractivity contribution in [2.45, 2.75) is 38.7 Å². The molecule has 1 aromatic rings. The molecule has 0 bridgehead atoms. The van der Waals surface area contributed by atoms with Crippen molar-refractivity contribution in [1.82, 2.24) is 10.3 Å². The highest BCUT2D eigenvalue weighted by Crippen LogP contribution is 2.28. The molecule has 1 aromatic heterocycles. The highest BCUT2D eigenvalue weighted by Gasteiger charge is 2.20. The van der Waals surface area contributed by atoms with Crippen LogP contribution in [0.1, 0.15) is 44.3 Å². The van der Waals surface area contributed by atoms with Gasteiger partial charge < -0.3 is 10.4 Å². The maximum Gasteiger partial charge on any atom is 0.0915 e. The lowest BCUT2D eigenvalue weighted by molar-refractivity contribution is 0.165. The summed E-state index contributed by atoms with van der Waals surface area (Å²) in [6.07, 6.45) is 8.47. The van der Waals surface area contributed by atoms with Crippen LogP contribution in [0.15, 0.2) is 24.5 Å². The van der Waals surface area contributed by atoms with Crippen LogP contribution >= 0.6 is 0 Å². The molecule has 0 aliphatic heterocycles. The minimum Gasteiger partial charge on any atom is -0.387 e. The zero-order chi connectivity index (χ0) is 12.8. The lowest BCUT2D eigenvalue weighted by Gasteiger charge is -2.29. The second kappa shape index (κ2) is 6.86. The number of rotatable bonds is 5. The predicted molar refractivity (Wildman–Crippen MR) is 73.2 cm³/mol. The summed E-state index contributed by atoms with van der Waals surface area (Å²) in [7, 11) is 0. The second-order valence-electron chi connectivity index (χ2n) is 5.48. The van der Waals surface area contributed by atoms with Crippen molar-refractivity contribution >= 4 is 0 Å². The average Bonchev–Trinajstić information content (AvgIpc) is 2.42. The summed E-state index contributed by atoms with van der Waals surface area (Å²) < 4.78 is 0. The summed E-state index contributed by atoms with van der Waals surface area (Å²) in [5, 5.41) is 13.4. The van der Waals surface area contributed by atoms with Gasteiger partial charge in [-0.25, -0.2) is 0 Å². The summed E-state index contributed by atoms with van der Waals surface area (Å²) in [6.45, 7) is 4.02. The van der Waals surface area contributed by atoms with Crippen molar-refractivity contribution in [2.24, 2.45) is 11.8 Å². The Hall–Kier alpha value is -0.930. The van der Waals surface area contributed by atoms with Crippen LogP contribution in [0, 0.1) is 11.8 Å². The van der Waals surface area contributed by atoms with Gasteiger partial charge in [-0.2, -0.15) is 0 Å². The van der Waals surface area contributed by atoms with Crippen LogP contribution in [-0.2, 0) is 0 Å². The Balaban J connectivity index is 1.71. The van der Waals surface area contributed by atoms with E-state index in [0.717, 1.165) is 23.9 Å². The summed E-state index contributed by atoms with van der Waals surface area (Å²) in [5.74, 6) is 1.60. The van der Waals surface area contributed by atoms with Crippen LogP contribution in [0.4, 0.5) is 0 Å². The molecule has 100 valence electrons. The maximum absolute atomic E-state index is 10.0. The quantitative estimate of drug-likeness (QED) is 0.841. The fourth-order valence-corrected chi connectivity index (χ4v) is 2.81. The van der Waals surface area contributed by atoms with Gasteiger partial charge in [0.05, 0.1) is 6.10 Å². The molecule has 0 unspecified atom stereocenters. The topological polar surface area (TPSA) is 45.1 Å². The van der Waals surface area contributed by atoms with Gasteiger partial charge in [0.2, 0.25) is 0 Å². The molecule has 18 heavy (non-hydrogen) atoms. The first-order valence-electron chi connectivity index (χ1n) is 7.06. The van der Waals surface area contributed by atoms with Crippen LogP contribution < -0.4 is 5.32 Å². The van der Waals surface area contributed by atoms with Crippen LogP contribution in [-0.4, -0.2) is 23.2 Å². The van der Waals surface area contributed by atoms with Gasteiger partial charge in [0.15, 0.2) is 0 Å². The highest BCUT2D eigenvalue weighted by atomic mass is 16.3. The fourth-order valence-electron chi connectivity index (χ4n) is 2.81. The monoisotopic (exact) mass is 248 g/mol. The third kappa shape index (κ3) is 3.79. The number of hydrogen-bond donors (Lipinski definition) is 2.